The van der Waals surface area contributed by atoms with Crippen molar-refractivity contribution in [3.05, 3.63) is 30.1 Å². The van der Waals surface area contributed by atoms with Gasteiger partial charge in [-0.05, 0) is 75.9 Å². The SMILES string of the molecule is O=C(COc1ccc(F)cc1)N1CCCC[C@H]1CCN1CCCCC1. The number of hydrogen-bond donors (Lipinski definition) is 0. The van der Waals surface area contributed by atoms with Gasteiger partial charge in [0.1, 0.15) is 11.6 Å². The van der Waals surface area contributed by atoms with Gasteiger partial charge in [-0.15, -0.1) is 0 Å². The van der Waals surface area contributed by atoms with Crippen molar-refractivity contribution in [1.29, 1.82) is 0 Å². The third-order valence-corrected chi connectivity index (χ3v) is 5.35. The van der Waals surface area contributed by atoms with Gasteiger partial charge in [0.2, 0.25) is 0 Å². The molecule has 1 atom stereocenters. The zero-order valence-electron chi connectivity index (χ0n) is 15.0. The second-order valence-corrected chi connectivity index (χ2v) is 7.17. The summed E-state index contributed by atoms with van der Waals surface area (Å²) in [4.78, 5) is 17.2. The standard InChI is InChI=1S/C20H29FN2O2/c21-17-7-9-19(10-8-17)25-16-20(24)23-14-5-2-6-18(23)11-15-22-12-3-1-4-13-22/h7-10,18H,1-6,11-16H2/t18-/m0/s1. The Kier molecular flexibility index (Phi) is 6.68. The molecule has 138 valence electrons. The Morgan fingerprint density at radius 2 is 1.76 bits per heavy atom. The molecule has 0 bridgehead atoms. The van der Waals surface area contributed by atoms with E-state index in [4.69, 9.17) is 4.74 Å². The topological polar surface area (TPSA) is 32.8 Å². The molecule has 0 radical (unpaired) electrons. The summed E-state index contributed by atoms with van der Waals surface area (Å²) in [7, 11) is 0. The summed E-state index contributed by atoms with van der Waals surface area (Å²) in [6.07, 6.45) is 8.39. The molecule has 0 saturated carbocycles. The molecule has 2 saturated heterocycles. The summed E-state index contributed by atoms with van der Waals surface area (Å²) in [5, 5.41) is 0. The maximum atomic E-state index is 12.9. The van der Waals surface area contributed by atoms with Crippen LogP contribution in [-0.2, 0) is 4.79 Å². The van der Waals surface area contributed by atoms with Crippen molar-refractivity contribution in [2.75, 3.05) is 32.8 Å². The number of likely N-dealkylation sites (tertiary alicyclic amines) is 2. The van der Waals surface area contributed by atoms with Crippen LogP contribution in [0.4, 0.5) is 4.39 Å². The predicted molar refractivity (Wildman–Crippen MR) is 96.2 cm³/mol. The van der Waals surface area contributed by atoms with Crippen molar-refractivity contribution in [3.8, 4) is 5.75 Å². The van der Waals surface area contributed by atoms with E-state index in [-0.39, 0.29) is 18.3 Å². The van der Waals surface area contributed by atoms with E-state index in [2.05, 4.69) is 4.90 Å². The lowest BCUT2D eigenvalue weighted by atomic mass is 9.98. The smallest absolute Gasteiger partial charge is 0.260 e. The Morgan fingerprint density at radius 1 is 1.04 bits per heavy atom. The second kappa shape index (κ2) is 9.18. The highest BCUT2D eigenvalue weighted by Crippen LogP contribution is 2.21. The Morgan fingerprint density at radius 3 is 2.52 bits per heavy atom. The third kappa shape index (κ3) is 5.43. The largest absolute Gasteiger partial charge is 0.484 e. The summed E-state index contributed by atoms with van der Waals surface area (Å²) < 4.78 is 18.5. The van der Waals surface area contributed by atoms with Gasteiger partial charge in [0.05, 0.1) is 0 Å². The van der Waals surface area contributed by atoms with Gasteiger partial charge in [-0.3, -0.25) is 4.79 Å². The number of ether oxygens (including phenoxy) is 1. The fourth-order valence-corrected chi connectivity index (χ4v) is 3.90. The molecule has 0 unspecified atom stereocenters. The van der Waals surface area contributed by atoms with E-state index in [1.807, 2.05) is 4.90 Å². The number of hydrogen-bond acceptors (Lipinski definition) is 3. The minimum atomic E-state index is -0.299. The van der Waals surface area contributed by atoms with Crippen LogP contribution in [0.5, 0.6) is 5.75 Å². The first-order valence-corrected chi connectivity index (χ1v) is 9.62. The molecule has 3 rings (SSSR count). The van der Waals surface area contributed by atoms with Crippen LogP contribution in [0, 0.1) is 5.82 Å². The van der Waals surface area contributed by atoms with Gasteiger partial charge in [0.15, 0.2) is 6.61 Å². The molecular weight excluding hydrogens is 319 g/mol. The van der Waals surface area contributed by atoms with Crippen molar-refractivity contribution >= 4 is 5.91 Å². The summed E-state index contributed by atoms with van der Waals surface area (Å²) >= 11 is 0. The Hall–Kier alpha value is -1.62. The minimum absolute atomic E-state index is 0.0336. The zero-order chi connectivity index (χ0) is 17.5. The first-order valence-electron chi connectivity index (χ1n) is 9.62. The maximum absolute atomic E-state index is 12.9. The molecule has 0 aliphatic carbocycles. The van der Waals surface area contributed by atoms with Gasteiger partial charge in [-0.1, -0.05) is 6.42 Å². The van der Waals surface area contributed by atoms with E-state index in [0.29, 0.717) is 11.8 Å². The lowest BCUT2D eigenvalue weighted by Gasteiger charge is -2.37. The molecule has 1 aromatic rings. The Balaban J connectivity index is 1.48. The summed E-state index contributed by atoms with van der Waals surface area (Å²) in [6.45, 7) is 4.36. The molecule has 25 heavy (non-hydrogen) atoms. The van der Waals surface area contributed by atoms with E-state index < -0.39 is 0 Å². The molecule has 2 aliphatic heterocycles. The van der Waals surface area contributed by atoms with Gasteiger partial charge in [-0.25, -0.2) is 4.39 Å². The van der Waals surface area contributed by atoms with E-state index in [0.717, 1.165) is 32.4 Å². The van der Waals surface area contributed by atoms with Crippen LogP contribution in [-0.4, -0.2) is 54.5 Å². The van der Waals surface area contributed by atoms with Crippen LogP contribution >= 0.6 is 0 Å². The van der Waals surface area contributed by atoms with Crippen molar-refractivity contribution in [2.45, 2.75) is 51.0 Å². The van der Waals surface area contributed by atoms with Crippen LogP contribution in [0.2, 0.25) is 0 Å². The van der Waals surface area contributed by atoms with Crippen LogP contribution in [0.3, 0.4) is 0 Å². The first-order chi connectivity index (χ1) is 12.2. The first kappa shape index (κ1) is 18.2. The fourth-order valence-electron chi connectivity index (χ4n) is 3.90. The minimum Gasteiger partial charge on any atom is -0.484 e. The number of halogens is 1. The molecule has 0 aromatic heterocycles. The number of carbonyl (C=O) groups is 1. The van der Waals surface area contributed by atoms with Crippen LogP contribution in [0.25, 0.3) is 0 Å². The van der Waals surface area contributed by atoms with E-state index in [1.54, 1.807) is 12.1 Å². The molecule has 5 heteroatoms. The molecule has 1 amide bonds. The lowest BCUT2D eigenvalue weighted by molar-refractivity contribution is -0.137. The molecule has 0 spiro atoms. The number of nitrogens with zero attached hydrogens (tertiary/aromatic N) is 2. The predicted octanol–water partition coefficient (Wildman–Crippen LogP) is 3.46. The van der Waals surface area contributed by atoms with Gasteiger partial charge < -0.3 is 14.5 Å². The number of amides is 1. The number of piperidine rings is 2. The molecule has 0 N–H and O–H groups in total. The molecule has 2 fully saturated rings. The average Bonchev–Trinajstić information content (AvgIpc) is 2.67. The van der Waals surface area contributed by atoms with Crippen molar-refractivity contribution < 1.29 is 13.9 Å². The molecule has 4 nitrogen and oxygen atoms in total. The van der Waals surface area contributed by atoms with Crippen LogP contribution in [0.1, 0.15) is 44.9 Å². The number of rotatable bonds is 6. The van der Waals surface area contributed by atoms with E-state index in [1.165, 1.54) is 50.9 Å². The normalized spacial score (nSPS) is 22.0. The highest BCUT2D eigenvalue weighted by molar-refractivity contribution is 5.78. The highest BCUT2D eigenvalue weighted by Gasteiger charge is 2.27. The van der Waals surface area contributed by atoms with E-state index >= 15 is 0 Å². The number of carbonyl (C=O) groups excluding carboxylic acids is 1. The van der Waals surface area contributed by atoms with Gasteiger partial charge in [0, 0.05) is 19.1 Å². The Labute approximate surface area is 149 Å². The Bertz CT molecular complexity index is 543. The fraction of sp³-hybridized carbons (Fsp3) is 0.650. The quantitative estimate of drug-likeness (QED) is 0.789. The highest BCUT2D eigenvalue weighted by atomic mass is 19.1. The van der Waals surface area contributed by atoms with Crippen LogP contribution in [0.15, 0.2) is 24.3 Å². The lowest BCUT2D eigenvalue weighted by Crippen LogP contribution is -2.47. The van der Waals surface area contributed by atoms with Crippen LogP contribution < -0.4 is 4.74 Å². The summed E-state index contributed by atoms with van der Waals surface area (Å²) in [6, 6.07) is 6.16. The van der Waals surface area contributed by atoms with E-state index in [9.17, 15) is 9.18 Å². The van der Waals surface area contributed by atoms with Crippen molar-refractivity contribution in [2.24, 2.45) is 0 Å². The average molecular weight is 348 g/mol. The number of benzene rings is 1. The molecule has 1 aromatic carbocycles. The zero-order valence-corrected chi connectivity index (χ0v) is 15.0. The van der Waals surface area contributed by atoms with Crippen molar-refractivity contribution in [3.63, 3.8) is 0 Å². The monoisotopic (exact) mass is 348 g/mol. The van der Waals surface area contributed by atoms with Gasteiger partial charge >= 0.3 is 0 Å². The molecular formula is C20H29FN2O2. The van der Waals surface area contributed by atoms with Crippen molar-refractivity contribution in [1.82, 2.24) is 9.80 Å². The summed E-state index contributed by atoms with van der Waals surface area (Å²) in [5.74, 6) is 0.289. The second-order valence-electron chi connectivity index (χ2n) is 7.17. The maximum Gasteiger partial charge on any atom is 0.260 e. The van der Waals surface area contributed by atoms with Gasteiger partial charge in [0.25, 0.3) is 5.91 Å². The third-order valence-electron chi connectivity index (χ3n) is 5.35. The molecule has 2 heterocycles. The molecule has 2 aliphatic rings. The van der Waals surface area contributed by atoms with Gasteiger partial charge in [-0.2, -0.15) is 0 Å². The summed E-state index contributed by atoms with van der Waals surface area (Å²) in [5.41, 5.74) is 0.